The van der Waals surface area contributed by atoms with Crippen LogP contribution in [0.1, 0.15) is 11.6 Å². The van der Waals surface area contributed by atoms with Crippen molar-refractivity contribution in [3.05, 3.63) is 71.6 Å². The molecule has 1 fully saturated rings. The lowest BCUT2D eigenvalue weighted by Gasteiger charge is -2.25. The summed E-state index contributed by atoms with van der Waals surface area (Å²) < 4.78 is 5.50. The predicted octanol–water partition coefficient (Wildman–Crippen LogP) is 4.72. The summed E-state index contributed by atoms with van der Waals surface area (Å²) in [5, 5.41) is 6.89. The first kappa shape index (κ1) is 21.2. The summed E-state index contributed by atoms with van der Waals surface area (Å²) in [6.07, 6.45) is 0.782. The minimum atomic E-state index is 0.729. The number of H-pyrrole nitrogens is 1. The van der Waals surface area contributed by atoms with E-state index >= 15 is 0 Å². The third kappa shape index (κ3) is 4.40. The van der Waals surface area contributed by atoms with Crippen molar-refractivity contribution in [3.63, 3.8) is 0 Å². The van der Waals surface area contributed by atoms with Gasteiger partial charge in [-0.05, 0) is 17.7 Å². The molecule has 7 nitrogen and oxygen atoms in total. The summed E-state index contributed by atoms with van der Waals surface area (Å²) in [5.41, 5.74) is 4.42. The third-order valence-electron chi connectivity index (χ3n) is 6.13. The van der Waals surface area contributed by atoms with E-state index in [2.05, 4.69) is 50.9 Å². The lowest BCUT2D eigenvalue weighted by atomic mass is 10.1. The Hall–Kier alpha value is -3.33. The van der Waals surface area contributed by atoms with Crippen molar-refractivity contribution < 1.29 is 4.74 Å². The zero-order valence-electron chi connectivity index (χ0n) is 18.8. The Bertz CT molecular complexity index is 1370. The lowest BCUT2D eigenvalue weighted by Crippen LogP contribution is -2.36. The van der Waals surface area contributed by atoms with Crippen LogP contribution in [-0.4, -0.2) is 57.7 Å². The van der Waals surface area contributed by atoms with Gasteiger partial charge in [-0.25, -0.2) is 15.0 Å². The maximum atomic E-state index is 5.50. The van der Waals surface area contributed by atoms with Crippen LogP contribution in [0.3, 0.4) is 0 Å². The molecule has 172 valence electrons. The van der Waals surface area contributed by atoms with Crippen LogP contribution in [0.2, 0.25) is 0 Å². The van der Waals surface area contributed by atoms with Gasteiger partial charge in [0.25, 0.3) is 0 Å². The number of rotatable bonds is 7. The van der Waals surface area contributed by atoms with E-state index in [0.29, 0.717) is 0 Å². The molecule has 0 saturated carbocycles. The standard InChI is InChI=1S/C26H26N6OS/c1-2-6-18(7-3-1)19-17-34-26-24(19)25(30-23(31-26)16-32-12-14-33-15-13-32)27-11-10-22-28-20-8-4-5-9-21(20)29-22/h1-9,17H,10-16H2,(H,28,29)(H,27,30,31). The van der Waals surface area contributed by atoms with E-state index in [9.17, 15) is 0 Å². The molecule has 1 saturated heterocycles. The Morgan fingerprint density at radius 2 is 1.79 bits per heavy atom. The molecule has 1 aliphatic rings. The van der Waals surface area contributed by atoms with E-state index < -0.39 is 0 Å². The van der Waals surface area contributed by atoms with Gasteiger partial charge in [-0.1, -0.05) is 42.5 Å². The zero-order valence-corrected chi connectivity index (χ0v) is 19.6. The number of anilines is 1. The Kier molecular flexibility index (Phi) is 5.93. The Labute approximate surface area is 201 Å². The van der Waals surface area contributed by atoms with Gasteiger partial charge in [0, 0.05) is 37.0 Å². The van der Waals surface area contributed by atoms with Crippen molar-refractivity contribution in [1.82, 2.24) is 24.8 Å². The summed E-state index contributed by atoms with van der Waals surface area (Å²) in [6, 6.07) is 18.6. The highest BCUT2D eigenvalue weighted by atomic mass is 32.1. The molecule has 6 rings (SSSR count). The molecule has 0 bridgehead atoms. The van der Waals surface area contributed by atoms with Crippen molar-refractivity contribution in [2.75, 3.05) is 38.2 Å². The van der Waals surface area contributed by atoms with Crippen LogP contribution in [0.15, 0.2) is 60.0 Å². The first-order valence-electron chi connectivity index (χ1n) is 11.6. The fraction of sp³-hybridized carbons (Fsp3) is 0.269. The number of aromatic amines is 1. The second-order valence-electron chi connectivity index (χ2n) is 8.45. The van der Waals surface area contributed by atoms with Gasteiger partial charge in [0.15, 0.2) is 0 Å². The predicted molar refractivity (Wildman–Crippen MR) is 137 cm³/mol. The molecule has 3 aromatic heterocycles. The molecule has 0 amide bonds. The van der Waals surface area contributed by atoms with E-state index in [1.807, 2.05) is 24.3 Å². The van der Waals surface area contributed by atoms with Crippen molar-refractivity contribution in [1.29, 1.82) is 0 Å². The van der Waals surface area contributed by atoms with Crippen LogP contribution in [0, 0.1) is 0 Å². The van der Waals surface area contributed by atoms with E-state index in [4.69, 9.17) is 19.7 Å². The number of para-hydroxylation sites is 2. The molecule has 0 unspecified atom stereocenters. The van der Waals surface area contributed by atoms with Crippen molar-refractivity contribution in [2.24, 2.45) is 0 Å². The second kappa shape index (κ2) is 9.50. The number of hydrogen-bond acceptors (Lipinski definition) is 7. The van der Waals surface area contributed by atoms with Crippen LogP contribution in [0.5, 0.6) is 0 Å². The van der Waals surface area contributed by atoms with Crippen LogP contribution >= 0.6 is 11.3 Å². The van der Waals surface area contributed by atoms with Gasteiger partial charge in [0.1, 0.15) is 22.3 Å². The molecule has 2 N–H and O–H groups in total. The second-order valence-corrected chi connectivity index (χ2v) is 9.31. The van der Waals surface area contributed by atoms with Gasteiger partial charge >= 0.3 is 0 Å². The highest BCUT2D eigenvalue weighted by molar-refractivity contribution is 7.17. The number of fused-ring (bicyclic) bond motifs is 2. The van der Waals surface area contributed by atoms with Crippen molar-refractivity contribution in [2.45, 2.75) is 13.0 Å². The molecule has 8 heteroatoms. The van der Waals surface area contributed by atoms with Gasteiger partial charge in [0.2, 0.25) is 0 Å². The van der Waals surface area contributed by atoms with Gasteiger partial charge in [0.05, 0.1) is 36.2 Å². The number of hydrogen-bond donors (Lipinski definition) is 2. The Morgan fingerprint density at radius 1 is 0.971 bits per heavy atom. The minimum Gasteiger partial charge on any atom is -0.379 e. The van der Waals surface area contributed by atoms with E-state index in [-0.39, 0.29) is 0 Å². The Balaban J connectivity index is 1.30. The maximum Gasteiger partial charge on any atom is 0.146 e. The van der Waals surface area contributed by atoms with Gasteiger partial charge < -0.3 is 15.0 Å². The first-order valence-corrected chi connectivity index (χ1v) is 12.5. The van der Waals surface area contributed by atoms with Gasteiger partial charge in [-0.15, -0.1) is 11.3 Å². The molecule has 0 atom stereocenters. The molecule has 1 aliphatic heterocycles. The number of thiophene rings is 1. The number of aromatic nitrogens is 4. The van der Waals surface area contributed by atoms with Crippen LogP contribution in [-0.2, 0) is 17.7 Å². The quantitative estimate of drug-likeness (QED) is 0.358. The zero-order chi connectivity index (χ0) is 22.7. The number of nitrogens with one attached hydrogen (secondary N) is 2. The van der Waals surface area contributed by atoms with E-state index in [1.54, 1.807) is 11.3 Å². The van der Waals surface area contributed by atoms with Crippen LogP contribution in [0.25, 0.3) is 32.4 Å². The maximum absolute atomic E-state index is 5.50. The molecular formula is C26H26N6OS. The van der Waals surface area contributed by atoms with Gasteiger partial charge in [-0.2, -0.15) is 0 Å². The first-order chi connectivity index (χ1) is 16.8. The smallest absolute Gasteiger partial charge is 0.146 e. The highest BCUT2D eigenvalue weighted by Gasteiger charge is 2.18. The summed E-state index contributed by atoms with van der Waals surface area (Å²) >= 11 is 1.68. The van der Waals surface area contributed by atoms with E-state index in [1.165, 1.54) is 11.1 Å². The summed E-state index contributed by atoms with van der Waals surface area (Å²) in [5.74, 6) is 2.72. The molecule has 2 aromatic carbocycles. The molecule has 0 radical (unpaired) electrons. The number of imidazole rings is 1. The normalized spacial score (nSPS) is 14.7. The fourth-order valence-corrected chi connectivity index (χ4v) is 5.36. The average Bonchev–Trinajstić information content (AvgIpc) is 3.49. The minimum absolute atomic E-state index is 0.729. The van der Waals surface area contributed by atoms with Crippen molar-refractivity contribution >= 4 is 38.4 Å². The Morgan fingerprint density at radius 3 is 2.65 bits per heavy atom. The summed E-state index contributed by atoms with van der Waals surface area (Å²) in [6.45, 7) is 4.82. The molecular weight excluding hydrogens is 444 g/mol. The molecule has 0 spiro atoms. The number of morpholine rings is 1. The summed E-state index contributed by atoms with van der Waals surface area (Å²) in [7, 11) is 0. The largest absolute Gasteiger partial charge is 0.379 e. The van der Waals surface area contributed by atoms with Gasteiger partial charge in [-0.3, -0.25) is 4.90 Å². The number of ether oxygens (including phenoxy) is 1. The van der Waals surface area contributed by atoms with E-state index in [0.717, 1.165) is 84.5 Å². The van der Waals surface area contributed by atoms with Crippen LogP contribution in [0.4, 0.5) is 5.82 Å². The number of benzene rings is 2. The molecule has 4 heterocycles. The van der Waals surface area contributed by atoms with Crippen LogP contribution < -0.4 is 5.32 Å². The summed E-state index contributed by atoms with van der Waals surface area (Å²) in [4.78, 5) is 21.4. The fourth-order valence-electron chi connectivity index (χ4n) is 4.40. The van der Waals surface area contributed by atoms with Crippen molar-refractivity contribution in [3.8, 4) is 11.1 Å². The molecule has 34 heavy (non-hydrogen) atoms. The molecule has 5 aromatic rings. The topological polar surface area (TPSA) is 79.0 Å². The third-order valence-corrected chi connectivity index (χ3v) is 7.00. The number of nitrogens with zero attached hydrogens (tertiary/aromatic N) is 4. The molecule has 0 aliphatic carbocycles. The highest BCUT2D eigenvalue weighted by Crippen LogP contribution is 2.37. The average molecular weight is 471 g/mol. The lowest BCUT2D eigenvalue weighted by molar-refractivity contribution is 0.0331. The SMILES string of the molecule is c1ccc(-c2csc3nc(CN4CCOCC4)nc(NCCc4nc5ccccc5[nH]4)c23)cc1. The monoisotopic (exact) mass is 470 g/mol.